The molecule has 0 aromatic heterocycles. The van der Waals surface area contributed by atoms with Crippen molar-refractivity contribution >= 4 is 17.4 Å². The van der Waals surface area contributed by atoms with Gasteiger partial charge in [0.2, 0.25) is 0 Å². The fourth-order valence-corrected chi connectivity index (χ4v) is 4.88. The highest BCUT2D eigenvalue weighted by atomic mass is 35.5. The summed E-state index contributed by atoms with van der Waals surface area (Å²) in [5.41, 5.74) is 5.07. The number of nitrogens with two attached hydrogens (primary N) is 1. The summed E-state index contributed by atoms with van der Waals surface area (Å²) in [5.74, 6) is 0.176. The van der Waals surface area contributed by atoms with Gasteiger partial charge in [-0.15, -0.1) is 11.6 Å². The summed E-state index contributed by atoms with van der Waals surface area (Å²) in [5, 5.41) is 15.0. The zero-order chi connectivity index (χ0) is 16.6. The Bertz CT molecular complexity index is 464. The van der Waals surface area contributed by atoms with Crippen LogP contribution in [-0.4, -0.2) is 60.6 Å². The third-order valence-electron chi connectivity index (χ3n) is 5.73. The molecule has 7 heteroatoms. The van der Waals surface area contributed by atoms with Gasteiger partial charge in [0.25, 0.3) is 0 Å². The molecule has 2 aliphatic heterocycles. The fourth-order valence-electron chi connectivity index (χ4n) is 4.56. The molecule has 1 saturated carbocycles. The molecule has 6 nitrogen and oxygen atoms in total. The number of hydrogen-bond acceptors (Lipinski definition) is 6. The summed E-state index contributed by atoms with van der Waals surface area (Å²) < 4.78 is 11.4. The maximum Gasteiger partial charge on any atom is 0.131 e. The number of nitrogens with one attached hydrogen (secondary N) is 1. The molecule has 2 fully saturated rings. The van der Waals surface area contributed by atoms with Crippen LogP contribution >= 0.6 is 11.6 Å². The molecular formula is C16H28ClN3O3. The standard InChI is InChI=1S/C16H28ClN3O3/c1-3-23-14-7-11(13(22-2)8-19-14)16(21)10-6-9(17)4-5-12(10)20-15(16)18/h9-14,19,21H,3-8H2,1-2H3,(H2,18,20). The predicted octanol–water partition coefficient (Wildman–Crippen LogP) is 0.851. The summed E-state index contributed by atoms with van der Waals surface area (Å²) in [6, 6.07) is 0.0768. The Morgan fingerprint density at radius 1 is 1.39 bits per heavy atom. The molecule has 1 aliphatic carbocycles. The Morgan fingerprint density at radius 2 is 2.17 bits per heavy atom. The van der Waals surface area contributed by atoms with Crippen LogP contribution in [0.2, 0.25) is 0 Å². The normalized spacial score (nSPS) is 47.2. The number of ether oxygens (including phenoxy) is 2. The predicted molar refractivity (Wildman–Crippen MR) is 89.7 cm³/mol. The highest BCUT2D eigenvalue weighted by molar-refractivity contribution is 6.20. The second kappa shape index (κ2) is 6.84. The van der Waals surface area contributed by atoms with Crippen molar-refractivity contribution in [2.24, 2.45) is 22.6 Å². The average Bonchev–Trinajstić information content (AvgIpc) is 2.80. The Hall–Kier alpha value is -0.400. The van der Waals surface area contributed by atoms with Crippen LogP contribution < -0.4 is 11.1 Å². The summed E-state index contributed by atoms with van der Waals surface area (Å²) in [4.78, 5) is 4.58. The second-order valence-electron chi connectivity index (χ2n) is 6.89. The highest BCUT2D eigenvalue weighted by Gasteiger charge is 2.58. The van der Waals surface area contributed by atoms with Crippen molar-refractivity contribution in [3.05, 3.63) is 0 Å². The SMILES string of the molecule is CCOC1CC(C2(O)C(N)=NC3CCC(Cl)CC32)C(OC)CN1. The molecule has 0 amide bonds. The van der Waals surface area contributed by atoms with Gasteiger partial charge in [0.15, 0.2) is 0 Å². The zero-order valence-electron chi connectivity index (χ0n) is 13.9. The lowest BCUT2D eigenvalue weighted by Gasteiger charge is -2.47. The molecule has 7 unspecified atom stereocenters. The molecule has 23 heavy (non-hydrogen) atoms. The minimum absolute atomic E-state index is 0.0261. The number of rotatable bonds is 4. The van der Waals surface area contributed by atoms with Gasteiger partial charge in [-0.05, 0) is 32.6 Å². The van der Waals surface area contributed by atoms with Crippen LogP contribution in [0.15, 0.2) is 4.99 Å². The molecular weight excluding hydrogens is 318 g/mol. The fraction of sp³-hybridized carbons (Fsp3) is 0.938. The van der Waals surface area contributed by atoms with E-state index in [0.29, 0.717) is 25.4 Å². The van der Waals surface area contributed by atoms with Gasteiger partial charge in [-0.25, -0.2) is 0 Å². The minimum atomic E-state index is -1.16. The summed E-state index contributed by atoms with van der Waals surface area (Å²) in [6.07, 6.45) is 2.99. The minimum Gasteiger partial charge on any atom is -0.385 e. The van der Waals surface area contributed by atoms with Gasteiger partial charge in [-0.1, -0.05) is 0 Å². The van der Waals surface area contributed by atoms with Crippen LogP contribution in [-0.2, 0) is 9.47 Å². The summed E-state index contributed by atoms with van der Waals surface area (Å²) in [7, 11) is 1.68. The first-order valence-corrected chi connectivity index (χ1v) is 9.02. The number of amidine groups is 1. The lowest BCUT2D eigenvalue weighted by atomic mass is 9.66. The van der Waals surface area contributed by atoms with Crippen LogP contribution in [0.25, 0.3) is 0 Å². The number of nitrogens with zero attached hydrogens (tertiary/aromatic N) is 1. The quantitative estimate of drug-likeness (QED) is 0.657. The van der Waals surface area contributed by atoms with E-state index < -0.39 is 5.60 Å². The van der Waals surface area contributed by atoms with E-state index in [9.17, 15) is 5.11 Å². The summed E-state index contributed by atoms with van der Waals surface area (Å²) in [6.45, 7) is 3.22. The van der Waals surface area contributed by atoms with E-state index in [2.05, 4.69) is 10.3 Å². The first-order chi connectivity index (χ1) is 11.0. The molecule has 3 aliphatic rings. The van der Waals surface area contributed by atoms with Crippen LogP contribution in [0.5, 0.6) is 0 Å². The number of fused-ring (bicyclic) bond motifs is 1. The van der Waals surface area contributed by atoms with Crippen LogP contribution in [0.3, 0.4) is 0 Å². The lowest BCUT2D eigenvalue weighted by Crippen LogP contribution is -2.63. The van der Waals surface area contributed by atoms with Crippen molar-refractivity contribution in [2.45, 2.75) is 62.0 Å². The molecule has 0 aromatic carbocycles. The van der Waals surface area contributed by atoms with Gasteiger partial charge in [0.1, 0.15) is 17.7 Å². The highest BCUT2D eigenvalue weighted by Crippen LogP contribution is 2.47. The average molecular weight is 346 g/mol. The van der Waals surface area contributed by atoms with Crippen molar-refractivity contribution < 1.29 is 14.6 Å². The van der Waals surface area contributed by atoms with Gasteiger partial charge in [0, 0.05) is 37.5 Å². The molecule has 1 saturated heterocycles. The third-order valence-corrected chi connectivity index (χ3v) is 6.13. The smallest absolute Gasteiger partial charge is 0.131 e. The zero-order valence-corrected chi connectivity index (χ0v) is 14.6. The largest absolute Gasteiger partial charge is 0.385 e. The van der Waals surface area contributed by atoms with E-state index in [1.165, 1.54) is 0 Å². The Balaban J connectivity index is 1.87. The first-order valence-electron chi connectivity index (χ1n) is 8.58. The van der Waals surface area contributed by atoms with Crippen LogP contribution in [0.1, 0.15) is 32.6 Å². The number of aliphatic imine (C=N–C) groups is 1. The topological polar surface area (TPSA) is 89.1 Å². The number of hydrogen-bond donors (Lipinski definition) is 3. The van der Waals surface area contributed by atoms with Gasteiger partial charge >= 0.3 is 0 Å². The molecule has 4 N–H and O–H groups in total. The van der Waals surface area contributed by atoms with Crippen LogP contribution in [0, 0.1) is 11.8 Å². The van der Waals surface area contributed by atoms with Crippen molar-refractivity contribution in [2.75, 3.05) is 20.3 Å². The molecule has 0 bridgehead atoms. The number of methoxy groups -OCH3 is 1. The molecule has 2 heterocycles. The van der Waals surface area contributed by atoms with Gasteiger partial charge in [-0.3, -0.25) is 10.3 Å². The number of halogens is 1. The number of alkyl halides is 1. The maximum absolute atomic E-state index is 11.6. The molecule has 0 spiro atoms. The van der Waals surface area contributed by atoms with Gasteiger partial charge < -0.3 is 20.3 Å². The van der Waals surface area contributed by atoms with E-state index >= 15 is 0 Å². The van der Waals surface area contributed by atoms with Crippen molar-refractivity contribution in [1.82, 2.24) is 5.32 Å². The van der Waals surface area contributed by atoms with E-state index in [-0.39, 0.29) is 35.6 Å². The Kier molecular flexibility index (Phi) is 5.18. The van der Waals surface area contributed by atoms with E-state index in [4.69, 9.17) is 26.8 Å². The first kappa shape index (κ1) is 17.4. The Morgan fingerprint density at radius 3 is 2.87 bits per heavy atom. The number of aliphatic hydroxyl groups is 1. The molecule has 7 atom stereocenters. The van der Waals surface area contributed by atoms with E-state index in [1.54, 1.807) is 7.11 Å². The van der Waals surface area contributed by atoms with E-state index in [0.717, 1.165) is 19.3 Å². The molecule has 0 aromatic rings. The Labute approximate surface area is 142 Å². The van der Waals surface area contributed by atoms with Gasteiger partial charge in [0.05, 0.1) is 12.1 Å². The van der Waals surface area contributed by atoms with Crippen molar-refractivity contribution in [3.8, 4) is 0 Å². The van der Waals surface area contributed by atoms with Crippen molar-refractivity contribution in [1.29, 1.82) is 0 Å². The molecule has 3 rings (SSSR count). The lowest BCUT2D eigenvalue weighted by molar-refractivity contribution is -0.124. The second-order valence-corrected chi connectivity index (χ2v) is 7.51. The summed E-state index contributed by atoms with van der Waals surface area (Å²) >= 11 is 6.37. The van der Waals surface area contributed by atoms with Crippen molar-refractivity contribution in [3.63, 3.8) is 0 Å². The van der Waals surface area contributed by atoms with Gasteiger partial charge in [-0.2, -0.15) is 0 Å². The van der Waals surface area contributed by atoms with Crippen LogP contribution in [0.4, 0.5) is 0 Å². The number of piperidine rings is 1. The third kappa shape index (κ3) is 3.00. The monoisotopic (exact) mass is 345 g/mol. The van der Waals surface area contributed by atoms with E-state index in [1.807, 2.05) is 6.92 Å². The maximum atomic E-state index is 11.6. The molecule has 0 radical (unpaired) electrons. The molecule has 132 valence electrons.